The number of benzene rings is 6. The van der Waals surface area contributed by atoms with Gasteiger partial charge in [0.2, 0.25) is 0 Å². The summed E-state index contributed by atoms with van der Waals surface area (Å²) in [5.74, 6) is 1.66. The van der Waals surface area contributed by atoms with Gasteiger partial charge in [0.05, 0.1) is 18.2 Å². The number of rotatable bonds is 6. The van der Waals surface area contributed by atoms with E-state index in [0.717, 1.165) is 50.1 Å². The molecule has 0 radical (unpaired) electrons. The minimum absolute atomic E-state index is 0.546. The fraction of sp³-hybridized carbons (Fsp3) is 0.0238. The summed E-state index contributed by atoms with van der Waals surface area (Å²) >= 11 is 0. The van der Waals surface area contributed by atoms with Gasteiger partial charge in [-0.05, 0) is 76.7 Å². The Bertz CT molecular complexity index is 2240. The van der Waals surface area contributed by atoms with E-state index in [1.165, 1.54) is 5.56 Å². The average molecular weight is 602 g/mol. The molecule has 0 atom stereocenters. The minimum Gasteiger partial charge on any atom is -0.238 e. The lowest BCUT2D eigenvalue weighted by atomic mass is 10.00. The highest BCUT2D eigenvalue weighted by Gasteiger charge is 2.15. The standard InChI is InChI=1S/C42H27N5/c1-28-9-3-11-30(21-28)32-13-5-17-36(23-32)40-45-41(37-18-6-14-33(24-37)31-12-4-10-29(22-31)27-43)47-42(46-40)38-19-7-15-34(25-38)35-16-8-20-39(26-35)44-2/h3-26H,1H3. The summed E-state index contributed by atoms with van der Waals surface area (Å²) in [6, 6.07) is 50.2. The van der Waals surface area contributed by atoms with Gasteiger partial charge in [-0.2, -0.15) is 5.26 Å². The summed E-state index contributed by atoms with van der Waals surface area (Å²) in [5.41, 5.74) is 11.0. The summed E-state index contributed by atoms with van der Waals surface area (Å²) in [6.45, 7) is 9.54. The topological polar surface area (TPSA) is 66.8 Å². The van der Waals surface area contributed by atoms with E-state index in [4.69, 9.17) is 21.5 Å². The maximum atomic E-state index is 9.45. The molecular formula is C42H27N5. The van der Waals surface area contributed by atoms with Crippen LogP contribution in [0.25, 0.3) is 72.4 Å². The lowest BCUT2D eigenvalue weighted by Gasteiger charge is -2.11. The van der Waals surface area contributed by atoms with E-state index >= 15 is 0 Å². The fourth-order valence-corrected chi connectivity index (χ4v) is 5.62. The fourth-order valence-electron chi connectivity index (χ4n) is 5.62. The molecular weight excluding hydrogens is 574 g/mol. The molecule has 0 saturated carbocycles. The molecule has 0 aliphatic heterocycles. The Morgan fingerprint density at radius 1 is 0.468 bits per heavy atom. The number of aryl methyl sites for hydroxylation is 1. The molecule has 0 fully saturated rings. The molecule has 0 N–H and O–H groups in total. The monoisotopic (exact) mass is 601 g/mol. The van der Waals surface area contributed by atoms with Crippen LogP contribution < -0.4 is 0 Å². The van der Waals surface area contributed by atoms with Crippen LogP contribution in [0.5, 0.6) is 0 Å². The summed E-state index contributed by atoms with van der Waals surface area (Å²) in [6.07, 6.45) is 0. The normalized spacial score (nSPS) is 10.6. The van der Waals surface area contributed by atoms with Crippen molar-refractivity contribution in [2.24, 2.45) is 0 Å². The number of hydrogen-bond donors (Lipinski definition) is 0. The largest absolute Gasteiger partial charge is 0.238 e. The van der Waals surface area contributed by atoms with Gasteiger partial charge in [0.15, 0.2) is 23.2 Å². The van der Waals surface area contributed by atoms with Gasteiger partial charge in [-0.1, -0.05) is 115 Å². The zero-order valence-corrected chi connectivity index (χ0v) is 25.6. The molecule has 0 amide bonds. The molecule has 1 aromatic heterocycles. The predicted octanol–water partition coefficient (Wildman–Crippen LogP) is 10.6. The Morgan fingerprint density at radius 2 is 0.851 bits per heavy atom. The molecule has 0 spiro atoms. The van der Waals surface area contributed by atoms with Crippen LogP contribution >= 0.6 is 0 Å². The van der Waals surface area contributed by atoms with Crippen LogP contribution in [-0.2, 0) is 0 Å². The van der Waals surface area contributed by atoms with Crippen molar-refractivity contribution in [3.8, 4) is 73.6 Å². The molecule has 0 aliphatic carbocycles. The van der Waals surface area contributed by atoms with E-state index in [-0.39, 0.29) is 0 Å². The van der Waals surface area contributed by atoms with Crippen LogP contribution in [0.3, 0.4) is 0 Å². The SMILES string of the molecule is [C-]#[N+]c1cccc(-c2cccc(-c3nc(-c4cccc(-c5cccc(C)c5)c4)nc(-c4cccc(-c5cccc(C#N)c5)c4)n3)c2)c1. The molecule has 0 aliphatic rings. The second kappa shape index (κ2) is 12.7. The molecule has 6 aromatic carbocycles. The van der Waals surface area contributed by atoms with Crippen molar-refractivity contribution in [1.29, 1.82) is 5.26 Å². The van der Waals surface area contributed by atoms with E-state index < -0.39 is 0 Å². The molecule has 0 bridgehead atoms. The van der Waals surface area contributed by atoms with Gasteiger partial charge in [0.1, 0.15) is 0 Å². The third kappa shape index (κ3) is 6.28. The second-order valence-corrected chi connectivity index (χ2v) is 11.3. The molecule has 0 saturated heterocycles. The van der Waals surface area contributed by atoms with Crippen molar-refractivity contribution in [2.45, 2.75) is 6.92 Å². The van der Waals surface area contributed by atoms with Gasteiger partial charge >= 0.3 is 0 Å². The van der Waals surface area contributed by atoms with Gasteiger partial charge in [-0.15, -0.1) is 0 Å². The number of hydrogen-bond acceptors (Lipinski definition) is 4. The zero-order chi connectivity index (χ0) is 32.2. The van der Waals surface area contributed by atoms with Crippen molar-refractivity contribution >= 4 is 5.69 Å². The van der Waals surface area contributed by atoms with Crippen molar-refractivity contribution in [3.05, 3.63) is 168 Å². The first-order valence-corrected chi connectivity index (χ1v) is 15.2. The lowest BCUT2D eigenvalue weighted by Crippen LogP contribution is -2.00. The van der Waals surface area contributed by atoms with Crippen LogP contribution in [0.4, 0.5) is 5.69 Å². The van der Waals surface area contributed by atoms with Crippen molar-refractivity contribution in [1.82, 2.24) is 15.0 Å². The predicted molar refractivity (Wildman–Crippen MR) is 188 cm³/mol. The molecule has 0 unspecified atom stereocenters. The van der Waals surface area contributed by atoms with Gasteiger partial charge in [-0.25, -0.2) is 19.8 Å². The third-order valence-electron chi connectivity index (χ3n) is 7.98. The van der Waals surface area contributed by atoms with Gasteiger partial charge in [0, 0.05) is 16.7 Å². The summed E-state index contributed by atoms with van der Waals surface area (Å²) in [5, 5.41) is 9.45. The average Bonchev–Trinajstić information content (AvgIpc) is 3.15. The van der Waals surface area contributed by atoms with Gasteiger partial charge in [-0.3, -0.25) is 0 Å². The van der Waals surface area contributed by atoms with Crippen LogP contribution in [0, 0.1) is 24.8 Å². The number of nitrogens with zero attached hydrogens (tertiary/aromatic N) is 5. The van der Waals surface area contributed by atoms with Gasteiger partial charge in [0.25, 0.3) is 0 Å². The van der Waals surface area contributed by atoms with E-state index in [1.54, 1.807) is 12.1 Å². The summed E-state index contributed by atoms with van der Waals surface area (Å²) < 4.78 is 0. The minimum atomic E-state index is 0.546. The highest BCUT2D eigenvalue weighted by molar-refractivity contribution is 5.77. The number of nitriles is 1. The summed E-state index contributed by atoms with van der Waals surface area (Å²) in [7, 11) is 0. The zero-order valence-electron chi connectivity index (χ0n) is 25.6. The first-order chi connectivity index (χ1) is 23.1. The Labute approximate surface area is 274 Å². The number of aromatic nitrogens is 3. The Hall–Kier alpha value is -6.69. The summed E-state index contributed by atoms with van der Waals surface area (Å²) in [4.78, 5) is 18.6. The van der Waals surface area contributed by atoms with E-state index in [0.29, 0.717) is 28.7 Å². The molecule has 5 nitrogen and oxygen atoms in total. The molecule has 47 heavy (non-hydrogen) atoms. The quantitative estimate of drug-likeness (QED) is 0.178. The highest BCUT2D eigenvalue weighted by atomic mass is 15.0. The Kier molecular flexibility index (Phi) is 7.87. The maximum absolute atomic E-state index is 9.45. The first-order valence-electron chi connectivity index (χ1n) is 15.2. The van der Waals surface area contributed by atoms with E-state index in [1.807, 2.05) is 84.9 Å². The molecule has 1 heterocycles. The van der Waals surface area contributed by atoms with E-state index in [2.05, 4.69) is 66.4 Å². The van der Waals surface area contributed by atoms with Crippen LogP contribution in [0.2, 0.25) is 0 Å². The third-order valence-corrected chi connectivity index (χ3v) is 7.98. The van der Waals surface area contributed by atoms with Crippen molar-refractivity contribution in [3.63, 3.8) is 0 Å². The first kappa shape index (κ1) is 29.0. The van der Waals surface area contributed by atoms with Crippen molar-refractivity contribution < 1.29 is 0 Å². The highest BCUT2D eigenvalue weighted by Crippen LogP contribution is 2.32. The molecule has 220 valence electrons. The maximum Gasteiger partial charge on any atom is 0.187 e. The van der Waals surface area contributed by atoms with Crippen molar-refractivity contribution in [2.75, 3.05) is 0 Å². The van der Waals surface area contributed by atoms with Crippen LogP contribution in [0.1, 0.15) is 11.1 Å². The Balaban J connectivity index is 1.38. The second-order valence-electron chi connectivity index (χ2n) is 11.3. The molecule has 7 aromatic rings. The molecule has 5 heteroatoms. The van der Waals surface area contributed by atoms with Gasteiger partial charge < -0.3 is 0 Å². The van der Waals surface area contributed by atoms with E-state index in [9.17, 15) is 5.26 Å². The Morgan fingerprint density at radius 3 is 1.32 bits per heavy atom. The molecule has 7 rings (SSSR count). The van der Waals surface area contributed by atoms with Crippen LogP contribution in [-0.4, -0.2) is 15.0 Å². The lowest BCUT2D eigenvalue weighted by molar-refractivity contribution is 1.07. The smallest absolute Gasteiger partial charge is 0.187 e. The van der Waals surface area contributed by atoms with Crippen LogP contribution in [0.15, 0.2) is 146 Å².